The van der Waals surface area contributed by atoms with E-state index in [-0.39, 0.29) is 0 Å². The molecule has 1 fully saturated rings. The third-order valence-electron chi connectivity index (χ3n) is 4.41. The number of likely N-dealkylation sites (tertiary alicyclic amines) is 1. The molecule has 0 aliphatic carbocycles. The van der Waals surface area contributed by atoms with Crippen molar-refractivity contribution in [3.8, 4) is 0 Å². The van der Waals surface area contributed by atoms with E-state index in [4.69, 9.17) is 0 Å². The van der Waals surface area contributed by atoms with Gasteiger partial charge in [-0.1, -0.05) is 33.6 Å². The molecular weight excluding hydrogens is 208 g/mol. The molecule has 0 bridgehead atoms. The topological polar surface area (TPSA) is 15.3 Å². The Morgan fingerprint density at radius 2 is 1.82 bits per heavy atom. The maximum Gasteiger partial charge on any atom is 0.0220 e. The molecular formula is C15H32N2. The van der Waals surface area contributed by atoms with E-state index < -0.39 is 0 Å². The van der Waals surface area contributed by atoms with Crippen LogP contribution >= 0.6 is 0 Å². The van der Waals surface area contributed by atoms with Crippen molar-refractivity contribution in [2.24, 2.45) is 5.92 Å². The molecule has 1 N–H and O–H groups in total. The van der Waals surface area contributed by atoms with Crippen LogP contribution in [-0.2, 0) is 0 Å². The lowest BCUT2D eigenvalue weighted by Gasteiger charge is -2.39. The van der Waals surface area contributed by atoms with Crippen molar-refractivity contribution in [1.82, 2.24) is 10.2 Å². The first-order valence-electron chi connectivity index (χ1n) is 7.70. The Bertz CT molecular complexity index is 185. The monoisotopic (exact) mass is 240 g/mol. The van der Waals surface area contributed by atoms with Gasteiger partial charge in [-0.05, 0) is 51.7 Å². The van der Waals surface area contributed by atoms with Gasteiger partial charge in [0.2, 0.25) is 0 Å². The largest absolute Gasteiger partial charge is 0.313 e. The van der Waals surface area contributed by atoms with Gasteiger partial charge < -0.3 is 5.32 Å². The molecule has 0 radical (unpaired) electrons. The van der Waals surface area contributed by atoms with Crippen LogP contribution in [0, 0.1) is 5.92 Å². The summed E-state index contributed by atoms with van der Waals surface area (Å²) in [6.07, 6.45) is 6.87. The van der Waals surface area contributed by atoms with E-state index in [1.807, 2.05) is 0 Å². The number of piperidine rings is 1. The van der Waals surface area contributed by atoms with Crippen LogP contribution in [0.5, 0.6) is 0 Å². The third kappa shape index (κ3) is 4.59. The van der Waals surface area contributed by atoms with Gasteiger partial charge in [0.15, 0.2) is 0 Å². The van der Waals surface area contributed by atoms with E-state index >= 15 is 0 Å². The zero-order valence-corrected chi connectivity index (χ0v) is 12.3. The van der Waals surface area contributed by atoms with Gasteiger partial charge >= 0.3 is 0 Å². The second-order valence-electron chi connectivity index (χ2n) is 5.58. The Morgan fingerprint density at radius 3 is 2.29 bits per heavy atom. The first kappa shape index (κ1) is 15.0. The first-order valence-corrected chi connectivity index (χ1v) is 7.70. The minimum atomic E-state index is 0.669. The molecule has 0 spiro atoms. The molecule has 0 aromatic rings. The van der Waals surface area contributed by atoms with Crippen LogP contribution in [0.4, 0.5) is 0 Å². The van der Waals surface area contributed by atoms with Gasteiger partial charge in [0.25, 0.3) is 0 Å². The zero-order chi connectivity index (χ0) is 12.7. The highest BCUT2D eigenvalue weighted by molar-refractivity contribution is 4.83. The molecule has 1 aliphatic rings. The van der Waals surface area contributed by atoms with Crippen LogP contribution in [0.25, 0.3) is 0 Å². The van der Waals surface area contributed by atoms with Crippen molar-refractivity contribution in [3.05, 3.63) is 0 Å². The molecule has 2 unspecified atom stereocenters. The summed E-state index contributed by atoms with van der Waals surface area (Å²) in [7, 11) is 0. The Labute approximate surface area is 108 Å². The molecule has 2 nitrogen and oxygen atoms in total. The molecule has 2 heteroatoms. The minimum absolute atomic E-state index is 0.669. The fraction of sp³-hybridized carbons (Fsp3) is 1.00. The van der Waals surface area contributed by atoms with E-state index in [0.717, 1.165) is 12.5 Å². The van der Waals surface area contributed by atoms with Gasteiger partial charge in [-0.3, -0.25) is 4.90 Å². The molecule has 17 heavy (non-hydrogen) atoms. The molecule has 2 atom stereocenters. The Balaban J connectivity index is 2.36. The second-order valence-corrected chi connectivity index (χ2v) is 5.58. The van der Waals surface area contributed by atoms with Crippen molar-refractivity contribution in [3.63, 3.8) is 0 Å². The van der Waals surface area contributed by atoms with E-state index in [1.165, 1.54) is 45.2 Å². The molecule has 0 saturated carbocycles. The van der Waals surface area contributed by atoms with Gasteiger partial charge in [-0.25, -0.2) is 0 Å². The third-order valence-corrected chi connectivity index (χ3v) is 4.41. The average Bonchev–Trinajstić information content (AvgIpc) is 2.36. The van der Waals surface area contributed by atoms with E-state index in [1.54, 1.807) is 0 Å². The SMILES string of the molecule is CCCC1CCN(C(C)C(CC)NCC)CC1. The summed E-state index contributed by atoms with van der Waals surface area (Å²) >= 11 is 0. The van der Waals surface area contributed by atoms with Crippen molar-refractivity contribution in [2.75, 3.05) is 19.6 Å². The highest BCUT2D eigenvalue weighted by atomic mass is 15.2. The highest BCUT2D eigenvalue weighted by Crippen LogP contribution is 2.24. The number of nitrogens with zero attached hydrogens (tertiary/aromatic N) is 1. The summed E-state index contributed by atoms with van der Waals surface area (Å²) in [6.45, 7) is 12.9. The predicted molar refractivity (Wildman–Crippen MR) is 76.4 cm³/mol. The lowest BCUT2D eigenvalue weighted by atomic mass is 9.91. The number of nitrogens with one attached hydrogen (secondary N) is 1. The van der Waals surface area contributed by atoms with Gasteiger partial charge in [0, 0.05) is 12.1 Å². The lowest BCUT2D eigenvalue weighted by molar-refractivity contribution is 0.112. The maximum absolute atomic E-state index is 3.62. The summed E-state index contributed by atoms with van der Waals surface area (Å²) in [5.41, 5.74) is 0. The summed E-state index contributed by atoms with van der Waals surface area (Å²) < 4.78 is 0. The zero-order valence-electron chi connectivity index (χ0n) is 12.3. The first-order chi connectivity index (χ1) is 8.22. The van der Waals surface area contributed by atoms with E-state index in [9.17, 15) is 0 Å². The molecule has 1 aliphatic heterocycles. The molecule has 0 aromatic carbocycles. The summed E-state index contributed by atoms with van der Waals surface area (Å²) in [5, 5.41) is 3.62. The fourth-order valence-electron chi connectivity index (χ4n) is 3.23. The van der Waals surface area contributed by atoms with Crippen LogP contribution in [0.2, 0.25) is 0 Å². The minimum Gasteiger partial charge on any atom is -0.313 e. The summed E-state index contributed by atoms with van der Waals surface area (Å²) in [6, 6.07) is 1.37. The molecule has 0 amide bonds. The molecule has 1 saturated heterocycles. The fourth-order valence-corrected chi connectivity index (χ4v) is 3.23. The average molecular weight is 240 g/mol. The van der Waals surface area contributed by atoms with Crippen molar-refractivity contribution in [1.29, 1.82) is 0 Å². The van der Waals surface area contributed by atoms with Crippen molar-refractivity contribution >= 4 is 0 Å². The smallest absolute Gasteiger partial charge is 0.0220 e. The molecule has 102 valence electrons. The normalized spacial score (nSPS) is 22.6. The summed E-state index contributed by atoms with van der Waals surface area (Å²) in [5.74, 6) is 1.00. The number of rotatable bonds is 7. The number of likely N-dealkylation sites (N-methyl/N-ethyl adjacent to an activating group) is 1. The van der Waals surface area contributed by atoms with Gasteiger partial charge in [0.1, 0.15) is 0 Å². The van der Waals surface area contributed by atoms with Crippen LogP contribution in [0.1, 0.15) is 59.8 Å². The van der Waals surface area contributed by atoms with Crippen LogP contribution in [0.15, 0.2) is 0 Å². The van der Waals surface area contributed by atoms with Crippen molar-refractivity contribution in [2.45, 2.75) is 71.9 Å². The maximum atomic E-state index is 3.62. The Hall–Kier alpha value is -0.0800. The standard InChI is InChI=1S/C15H32N2/c1-5-8-14-9-11-17(12-10-14)13(4)15(6-2)16-7-3/h13-16H,5-12H2,1-4H3. The van der Waals surface area contributed by atoms with E-state index in [0.29, 0.717) is 12.1 Å². The molecule has 1 heterocycles. The summed E-state index contributed by atoms with van der Waals surface area (Å²) in [4.78, 5) is 2.70. The van der Waals surface area contributed by atoms with Crippen LogP contribution in [-0.4, -0.2) is 36.6 Å². The Morgan fingerprint density at radius 1 is 1.18 bits per heavy atom. The quantitative estimate of drug-likeness (QED) is 0.735. The number of hydrogen-bond donors (Lipinski definition) is 1. The van der Waals surface area contributed by atoms with Gasteiger partial charge in [-0.2, -0.15) is 0 Å². The predicted octanol–water partition coefficient (Wildman–Crippen LogP) is 3.28. The lowest BCUT2D eigenvalue weighted by Crippen LogP contribution is -2.50. The second kappa shape index (κ2) is 8.10. The van der Waals surface area contributed by atoms with E-state index in [2.05, 4.69) is 37.9 Å². The van der Waals surface area contributed by atoms with Crippen LogP contribution < -0.4 is 5.32 Å². The molecule has 1 rings (SSSR count). The number of hydrogen-bond acceptors (Lipinski definition) is 2. The van der Waals surface area contributed by atoms with Gasteiger partial charge in [-0.15, -0.1) is 0 Å². The van der Waals surface area contributed by atoms with Crippen molar-refractivity contribution < 1.29 is 0 Å². The van der Waals surface area contributed by atoms with Crippen LogP contribution in [0.3, 0.4) is 0 Å². The highest BCUT2D eigenvalue weighted by Gasteiger charge is 2.25. The Kier molecular flexibility index (Phi) is 7.14. The molecule has 0 aromatic heterocycles. The van der Waals surface area contributed by atoms with Gasteiger partial charge in [0.05, 0.1) is 0 Å².